The van der Waals surface area contributed by atoms with Crippen LogP contribution in [0.4, 0.5) is 0 Å². The second kappa shape index (κ2) is 5.19. The highest BCUT2D eigenvalue weighted by atomic mass is 79.9. The summed E-state index contributed by atoms with van der Waals surface area (Å²) in [5.41, 5.74) is -0.244. The molecule has 1 aromatic carbocycles. The van der Waals surface area contributed by atoms with Crippen LogP contribution in [0, 0.1) is 16.7 Å². The van der Waals surface area contributed by atoms with Gasteiger partial charge in [0.2, 0.25) is 0 Å². The first kappa shape index (κ1) is 13.5. The third kappa shape index (κ3) is 3.75. The lowest BCUT2D eigenvalue weighted by molar-refractivity contribution is 0.0943. The number of phenols is 1. The molecule has 0 aromatic heterocycles. The SMILES string of the molecule is CC(C)(C#N)CNC(=O)c1ccc(Br)c(O)c1. The second-order valence-corrected chi connectivity index (χ2v) is 5.20. The molecule has 90 valence electrons. The highest BCUT2D eigenvalue weighted by Gasteiger charge is 2.18. The molecule has 2 N–H and O–H groups in total. The summed E-state index contributed by atoms with van der Waals surface area (Å²) in [5, 5.41) is 20.9. The summed E-state index contributed by atoms with van der Waals surface area (Å²) in [6, 6.07) is 6.66. The number of nitrogens with one attached hydrogen (secondary N) is 1. The first-order chi connectivity index (χ1) is 7.85. The van der Waals surface area contributed by atoms with Crippen molar-refractivity contribution in [3.8, 4) is 11.8 Å². The van der Waals surface area contributed by atoms with Gasteiger partial charge in [-0.3, -0.25) is 4.79 Å². The Morgan fingerprint density at radius 2 is 2.24 bits per heavy atom. The molecule has 17 heavy (non-hydrogen) atoms. The number of hydrogen-bond donors (Lipinski definition) is 2. The van der Waals surface area contributed by atoms with Gasteiger partial charge in [-0.15, -0.1) is 0 Å². The number of amides is 1. The number of carbonyl (C=O) groups excluding carboxylic acids is 1. The van der Waals surface area contributed by atoms with Crippen LogP contribution in [0.1, 0.15) is 24.2 Å². The fourth-order valence-corrected chi connectivity index (χ4v) is 1.34. The molecule has 0 aliphatic rings. The van der Waals surface area contributed by atoms with Crippen molar-refractivity contribution >= 4 is 21.8 Å². The third-order valence-electron chi connectivity index (χ3n) is 2.20. The Balaban J connectivity index is 2.72. The maximum Gasteiger partial charge on any atom is 0.251 e. The largest absolute Gasteiger partial charge is 0.507 e. The number of nitriles is 1. The Morgan fingerprint density at radius 1 is 1.59 bits per heavy atom. The van der Waals surface area contributed by atoms with Crippen molar-refractivity contribution < 1.29 is 9.90 Å². The first-order valence-electron chi connectivity index (χ1n) is 5.04. The van der Waals surface area contributed by atoms with Crippen LogP contribution in [0.3, 0.4) is 0 Å². The average molecular weight is 297 g/mol. The van der Waals surface area contributed by atoms with Gasteiger partial charge >= 0.3 is 0 Å². The number of benzene rings is 1. The maximum absolute atomic E-state index is 11.7. The second-order valence-electron chi connectivity index (χ2n) is 4.34. The van der Waals surface area contributed by atoms with Crippen molar-refractivity contribution in [3.05, 3.63) is 28.2 Å². The molecule has 5 heteroatoms. The normalized spacial score (nSPS) is 10.7. The Bertz CT molecular complexity index is 478. The highest BCUT2D eigenvalue weighted by Crippen LogP contribution is 2.24. The van der Waals surface area contributed by atoms with E-state index >= 15 is 0 Å². The van der Waals surface area contributed by atoms with Crippen LogP contribution >= 0.6 is 15.9 Å². The molecule has 1 amide bonds. The Labute approximate surface area is 108 Å². The fraction of sp³-hybridized carbons (Fsp3) is 0.333. The van der Waals surface area contributed by atoms with Gasteiger partial charge in [0.15, 0.2) is 0 Å². The highest BCUT2D eigenvalue weighted by molar-refractivity contribution is 9.10. The Hall–Kier alpha value is -1.54. The van der Waals surface area contributed by atoms with Crippen molar-refractivity contribution in [2.45, 2.75) is 13.8 Å². The molecule has 1 rings (SSSR count). The van der Waals surface area contributed by atoms with Crippen LogP contribution in [-0.2, 0) is 0 Å². The minimum atomic E-state index is -0.604. The van der Waals surface area contributed by atoms with E-state index in [0.717, 1.165) is 0 Å². The van der Waals surface area contributed by atoms with Crippen LogP contribution in [0.15, 0.2) is 22.7 Å². The predicted octanol–water partition coefficient (Wildman–Crippen LogP) is 2.43. The van der Waals surface area contributed by atoms with Crippen molar-refractivity contribution in [1.82, 2.24) is 5.32 Å². The summed E-state index contributed by atoms with van der Waals surface area (Å²) in [5.74, 6) is -0.298. The van der Waals surface area contributed by atoms with E-state index in [0.29, 0.717) is 10.0 Å². The first-order valence-corrected chi connectivity index (χ1v) is 5.83. The molecule has 0 fully saturated rings. The number of aromatic hydroxyl groups is 1. The van der Waals surface area contributed by atoms with Crippen LogP contribution < -0.4 is 5.32 Å². The number of phenolic OH excluding ortho intramolecular Hbond substituents is 1. The number of carbonyl (C=O) groups is 1. The quantitative estimate of drug-likeness (QED) is 0.900. The minimum absolute atomic E-state index is 0.0113. The molecule has 0 atom stereocenters. The van der Waals surface area contributed by atoms with Gasteiger partial charge in [0.25, 0.3) is 5.91 Å². The standard InChI is InChI=1S/C12H13BrN2O2/c1-12(2,6-14)7-15-11(17)8-3-4-9(13)10(16)5-8/h3-5,16H,7H2,1-2H3,(H,15,17). The van der Waals surface area contributed by atoms with E-state index in [-0.39, 0.29) is 18.2 Å². The molecule has 0 aliphatic heterocycles. The van der Waals surface area contributed by atoms with E-state index < -0.39 is 5.41 Å². The number of halogens is 1. The van der Waals surface area contributed by atoms with Gasteiger partial charge < -0.3 is 10.4 Å². The summed E-state index contributed by atoms with van der Waals surface area (Å²) in [7, 11) is 0. The minimum Gasteiger partial charge on any atom is -0.507 e. The summed E-state index contributed by atoms with van der Waals surface area (Å²) < 4.78 is 0.534. The van der Waals surface area contributed by atoms with Gasteiger partial charge in [0.1, 0.15) is 5.75 Å². The van der Waals surface area contributed by atoms with Gasteiger partial charge in [0, 0.05) is 12.1 Å². The number of hydrogen-bond acceptors (Lipinski definition) is 3. The van der Waals surface area contributed by atoms with Crippen LogP contribution in [0.5, 0.6) is 5.75 Å². The Morgan fingerprint density at radius 3 is 2.76 bits per heavy atom. The molecule has 0 saturated carbocycles. The smallest absolute Gasteiger partial charge is 0.251 e. The van der Waals surface area contributed by atoms with E-state index in [1.165, 1.54) is 6.07 Å². The summed E-state index contributed by atoms with van der Waals surface area (Å²) in [4.78, 5) is 11.7. The number of nitrogens with zero attached hydrogens (tertiary/aromatic N) is 1. The molecule has 0 unspecified atom stereocenters. The fourth-order valence-electron chi connectivity index (χ4n) is 1.10. The van der Waals surface area contributed by atoms with Gasteiger partial charge in [-0.05, 0) is 48.0 Å². The van der Waals surface area contributed by atoms with Crippen molar-refractivity contribution in [1.29, 1.82) is 5.26 Å². The predicted molar refractivity (Wildman–Crippen MR) is 67.5 cm³/mol. The van der Waals surface area contributed by atoms with E-state index in [1.807, 2.05) is 0 Å². The molecule has 0 bridgehead atoms. The molecule has 0 spiro atoms. The van der Waals surface area contributed by atoms with Gasteiger partial charge in [-0.1, -0.05) is 0 Å². The van der Waals surface area contributed by atoms with Crippen molar-refractivity contribution in [3.63, 3.8) is 0 Å². The molecule has 0 radical (unpaired) electrons. The van der Waals surface area contributed by atoms with E-state index in [1.54, 1.807) is 26.0 Å². The zero-order valence-electron chi connectivity index (χ0n) is 9.62. The molecular weight excluding hydrogens is 284 g/mol. The van der Waals surface area contributed by atoms with Gasteiger partial charge in [0.05, 0.1) is 16.0 Å². The number of rotatable bonds is 3. The lowest BCUT2D eigenvalue weighted by Gasteiger charge is -2.15. The summed E-state index contributed by atoms with van der Waals surface area (Å²) >= 11 is 3.14. The van der Waals surface area contributed by atoms with E-state index in [9.17, 15) is 9.90 Å². The monoisotopic (exact) mass is 296 g/mol. The molecule has 4 nitrogen and oxygen atoms in total. The van der Waals surface area contributed by atoms with Crippen molar-refractivity contribution in [2.75, 3.05) is 6.54 Å². The van der Waals surface area contributed by atoms with Gasteiger partial charge in [-0.2, -0.15) is 5.26 Å². The topological polar surface area (TPSA) is 73.1 Å². The zero-order valence-corrected chi connectivity index (χ0v) is 11.2. The summed E-state index contributed by atoms with van der Waals surface area (Å²) in [6.45, 7) is 3.75. The lowest BCUT2D eigenvalue weighted by atomic mass is 9.96. The lowest BCUT2D eigenvalue weighted by Crippen LogP contribution is -2.33. The molecule has 0 saturated heterocycles. The van der Waals surface area contributed by atoms with Crippen LogP contribution in [0.25, 0.3) is 0 Å². The Kier molecular flexibility index (Phi) is 4.13. The molecule has 1 aromatic rings. The van der Waals surface area contributed by atoms with Crippen LogP contribution in [0.2, 0.25) is 0 Å². The van der Waals surface area contributed by atoms with E-state index in [2.05, 4.69) is 27.3 Å². The van der Waals surface area contributed by atoms with E-state index in [4.69, 9.17) is 5.26 Å². The van der Waals surface area contributed by atoms with Crippen molar-refractivity contribution in [2.24, 2.45) is 5.41 Å². The molecular formula is C12H13BrN2O2. The maximum atomic E-state index is 11.7. The molecule has 0 aliphatic carbocycles. The third-order valence-corrected chi connectivity index (χ3v) is 2.87. The zero-order chi connectivity index (χ0) is 13.1. The summed E-state index contributed by atoms with van der Waals surface area (Å²) in [6.07, 6.45) is 0. The molecule has 0 heterocycles. The van der Waals surface area contributed by atoms with Gasteiger partial charge in [-0.25, -0.2) is 0 Å². The van der Waals surface area contributed by atoms with Crippen LogP contribution in [-0.4, -0.2) is 17.6 Å². The average Bonchev–Trinajstić information content (AvgIpc) is 2.30.